The van der Waals surface area contributed by atoms with Crippen LogP contribution in [0.15, 0.2) is 43.0 Å². The zero-order valence-corrected chi connectivity index (χ0v) is 15.0. The number of hydrogen-bond donors (Lipinski definition) is 1. The Hall–Kier alpha value is -2.25. The first-order valence-electron chi connectivity index (χ1n) is 8.86. The average molecular weight is 360 g/mol. The lowest BCUT2D eigenvalue weighted by Gasteiger charge is -2.41. The van der Waals surface area contributed by atoms with Gasteiger partial charge in [-0.05, 0) is 30.5 Å². The molecule has 2 aromatic rings. The number of benzene rings is 1. The lowest BCUT2D eigenvalue weighted by molar-refractivity contribution is -0.132. The summed E-state index contributed by atoms with van der Waals surface area (Å²) in [5.41, 5.74) is 0.313. The molecule has 1 saturated heterocycles. The zero-order chi connectivity index (χ0) is 18.4. The van der Waals surface area contributed by atoms with Crippen LogP contribution < -0.4 is 5.32 Å². The van der Waals surface area contributed by atoms with Gasteiger partial charge in [0.05, 0.1) is 12.9 Å². The van der Waals surface area contributed by atoms with Gasteiger partial charge in [0.15, 0.2) is 0 Å². The van der Waals surface area contributed by atoms with E-state index < -0.39 is 5.54 Å². The molecule has 2 heterocycles. The first kappa shape index (κ1) is 18.5. The van der Waals surface area contributed by atoms with Gasteiger partial charge in [0.2, 0.25) is 5.91 Å². The van der Waals surface area contributed by atoms with Crippen molar-refractivity contribution in [1.82, 2.24) is 19.8 Å². The van der Waals surface area contributed by atoms with Crippen molar-refractivity contribution in [3.05, 3.63) is 54.4 Å². The van der Waals surface area contributed by atoms with Gasteiger partial charge >= 0.3 is 0 Å². The third kappa shape index (κ3) is 4.11. The smallest absolute Gasteiger partial charge is 0.246 e. The lowest BCUT2D eigenvalue weighted by atomic mass is 9.85. The second-order valence-electron chi connectivity index (χ2n) is 6.66. The minimum absolute atomic E-state index is 0.00189. The number of piperidine rings is 1. The number of likely N-dealkylation sites (tertiary alicyclic amines) is 1. The topological polar surface area (TPSA) is 59.4 Å². The number of hydrogen-bond acceptors (Lipinski definition) is 4. The van der Waals surface area contributed by atoms with Gasteiger partial charge in [-0.25, -0.2) is 9.37 Å². The van der Waals surface area contributed by atoms with Crippen LogP contribution in [0, 0.1) is 5.82 Å². The maximum absolute atomic E-state index is 13.4. The first-order valence-corrected chi connectivity index (χ1v) is 8.86. The van der Waals surface area contributed by atoms with E-state index in [0.29, 0.717) is 32.5 Å². The molecule has 1 fully saturated rings. The molecule has 0 saturated carbocycles. The van der Waals surface area contributed by atoms with Gasteiger partial charge in [0, 0.05) is 45.7 Å². The molecule has 1 aromatic heterocycles. The summed E-state index contributed by atoms with van der Waals surface area (Å²) >= 11 is 0. The van der Waals surface area contributed by atoms with Crippen molar-refractivity contribution in [2.75, 3.05) is 33.4 Å². The fourth-order valence-electron chi connectivity index (χ4n) is 3.52. The van der Waals surface area contributed by atoms with E-state index in [1.807, 2.05) is 16.8 Å². The molecule has 0 atom stereocenters. The summed E-state index contributed by atoms with van der Waals surface area (Å²) in [4.78, 5) is 19.3. The van der Waals surface area contributed by atoms with Gasteiger partial charge < -0.3 is 14.6 Å². The number of ether oxygens (including phenoxy) is 1. The molecule has 0 radical (unpaired) electrons. The van der Waals surface area contributed by atoms with E-state index in [-0.39, 0.29) is 11.7 Å². The first-order chi connectivity index (χ1) is 12.6. The van der Waals surface area contributed by atoms with Gasteiger partial charge in [-0.15, -0.1) is 0 Å². The van der Waals surface area contributed by atoms with E-state index in [2.05, 4.69) is 15.2 Å². The standard InChI is InChI=1S/C19H25FN4O2/c1-26-12-8-22-18(25)19(24-11-7-21-15-24)5-9-23(10-6-19)14-16-3-2-4-17(20)13-16/h2-4,7,11,13,15H,5-6,8-10,12,14H2,1H3,(H,22,25). The molecule has 0 unspecified atom stereocenters. The normalized spacial score (nSPS) is 17.2. The third-order valence-corrected chi connectivity index (χ3v) is 4.99. The molecule has 26 heavy (non-hydrogen) atoms. The van der Waals surface area contributed by atoms with Crippen molar-refractivity contribution >= 4 is 5.91 Å². The number of nitrogens with zero attached hydrogens (tertiary/aromatic N) is 3. The Kier molecular flexibility index (Phi) is 6.00. The molecular formula is C19H25FN4O2. The molecule has 0 spiro atoms. The Labute approximate surface area is 153 Å². The molecule has 1 amide bonds. The zero-order valence-electron chi connectivity index (χ0n) is 15.0. The summed E-state index contributed by atoms with van der Waals surface area (Å²) < 4.78 is 20.3. The summed E-state index contributed by atoms with van der Waals surface area (Å²) in [6, 6.07) is 6.68. The van der Waals surface area contributed by atoms with Crippen LogP contribution >= 0.6 is 0 Å². The third-order valence-electron chi connectivity index (χ3n) is 4.99. The lowest BCUT2D eigenvalue weighted by Crippen LogP contribution is -2.55. The predicted octanol–water partition coefficient (Wildman–Crippen LogP) is 1.78. The number of imidazole rings is 1. The van der Waals surface area contributed by atoms with E-state index >= 15 is 0 Å². The highest BCUT2D eigenvalue weighted by molar-refractivity contribution is 5.84. The molecule has 0 aliphatic carbocycles. The minimum atomic E-state index is -0.636. The van der Waals surface area contributed by atoms with E-state index in [1.54, 1.807) is 31.8 Å². The molecule has 6 nitrogen and oxygen atoms in total. The number of nitrogens with one attached hydrogen (secondary N) is 1. The van der Waals surface area contributed by atoms with Crippen molar-refractivity contribution in [1.29, 1.82) is 0 Å². The van der Waals surface area contributed by atoms with E-state index in [4.69, 9.17) is 4.74 Å². The molecule has 1 aliphatic rings. The Morgan fingerprint density at radius 3 is 2.85 bits per heavy atom. The molecule has 140 valence electrons. The largest absolute Gasteiger partial charge is 0.383 e. The monoisotopic (exact) mass is 360 g/mol. The van der Waals surface area contributed by atoms with E-state index in [0.717, 1.165) is 18.7 Å². The van der Waals surface area contributed by atoms with Crippen molar-refractivity contribution in [2.24, 2.45) is 0 Å². The van der Waals surface area contributed by atoms with Crippen LogP contribution in [0.1, 0.15) is 18.4 Å². The maximum atomic E-state index is 13.4. The summed E-state index contributed by atoms with van der Waals surface area (Å²) in [5.74, 6) is -0.220. The van der Waals surface area contributed by atoms with Gasteiger partial charge in [0.1, 0.15) is 11.4 Å². The van der Waals surface area contributed by atoms with Crippen LogP contribution in [0.3, 0.4) is 0 Å². The summed E-state index contributed by atoms with van der Waals surface area (Å²) in [6.07, 6.45) is 6.61. The van der Waals surface area contributed by atoms with Crippen LogP contribution in [0.2, 0.25) is 0 Å². The highest BCUT2D eigenvalue weighted by Gasteiger charge is 2.42. The fourth-order valence-corrected chi connectivity index (χ4v) is 3.52. The number of carbonyl (C=O) groups excluding carboxylic acids is 1. The Bertz CT molecular complexity index is 712. The van der Waals surface area contributed by atoms with Crippen molar-refractivity contribution in [3.8, 4) is 0 Å². The molecule has 1 aliphatic heterocycles. The van der Waals surface area contributed by atoms with Crippen LogP contribution in [-0.4, -0.2) is 53.7 Å². The SMILES string of the molecule is COCCNC(=O)C1(n2ccnc2)CCN(Cc2cccc(F)c2)CC1. The van der Waals surface area contributed by atoms with Gasteiger partial charge in [-0.1, -0.05) is 12.1 Å². The predicted molar refractivity (Wildman–Crippen MR) is 96.0 cm³/mol. The molecule has 1 N–H and O–H groups in total. The number of amides is 1. The Morgan fingerprint density at radius 2 is 2.19 bits per heavy atom. The fraction of sp³-hybridized carbons (Fsp3) is 0.474. The quantitative estimate of drug-likeness (QED) is 0.765. The maximum Gasteiger partial charge on any atom is 0.246 e. The average Bonchev–Trinajstić information content (AvgIpc) is 3.18. The number of aromatic nitrogens is 2. The van der Waals surface area contributed by atoms with Gasteiger partial charge in [-0.3, -0.25) is 9.69 Å². The highest BCUT2D eigenvalue weighted by Crippen LogP contribution is 2.31. The van der Waals surface area contributed by atoms with Crippen LogP contribution in [-0.2, 0) is 21.6 Å². The molecule has 7 heteroatoms. The molecule has 3 rings (SSSR count). The van der Waals surface area contributed by atoms with Crippen molar-refractivity contribution in [3.63, 3.8) is 0 Å². The number of carbonyl (C=O) groups is 1. The Morgan fingerprint density at radius 1 is 1.38 bits per heavy atom. The summed E-state index contributed by atoms with van der Waals surface area (Å²) in [7, 11) is 1.61. The second kappa shape index (κ2) is 8.42. The molecule has 0 bridgehead atoms. The Balaban J connectivity index is 1.68. The van der Waals surface area contributed by atoms with E-state index in [1.165, 1.54) is 6.07 Å². The van der Waals surface area contributed by atoms with Crippen LogP contribution in [0.4, 0.5) is 4.39 Å². The number of methoxy groups -OCH3 is 1. The summed E-state index contributed by atoms with van der Waals surface area (Å²) in [5, 5.41) is 2.97. The van der Waals surface area contributed by atoms with E-state index in [9.17, 15) is 9.18 Å². The van der Waals surface area contributed by atoms with Crippen molar-refractivity contribution in [2.45, 2.75) is 24.9 Å². The van der Waals surface area contributed by atoms with Gasteiger partial charge in [-0.2, -0.15) is 0 Å². The number of rotatable bonds is 7. The highest BCUT2D eigenvalue weighted by atomic mass is 19.1. The van der Waals surface area contributed by atoms with Gasteiger partial charge in [0.25, 0.3) is 0 Å². The second-order valence-corrected chi connectivity index (χ2v) is 6.66. The molecular weight excluding hydrogens is 335 g/mol. The van der Waals surface area contributed by atoms with Crippen molar-refractivity contribution < 1.29 is 13.9 Å². The van der Waals surface area contributed by atoms with Crippen LogP contribution in [0.25, 0.3) is 0 Å². The van der Waals surface area contributed by atoms with Crippen LogP contribution in [0.5, 0.6) is 0 Å². The summed E-state index contributed by atoms with van der Waals surface area (Å²) in [6.45, 7) is 3.16. The number of halogens is 1. The minimum Gasteiger partial charge on any atom is -0.383 e. The molecule has 1 aromatic carbocycles.